The van der Waals surface area contributed by atoms with Gasteiger partial charge in [-0.25, -0.2) is 0 Å². The quantitative estimate of drug-likeness (QED) is 0.861. The monoisotopic (exact) mass is 297 g/mol. The van der Waals surface area contributed by atoms with Crippen molar-refractivity contribution >= 4 is 5.65 Å². The zero-order valence-corrected chi connectivity index (χ0v) is 12.9. The second-order valence-electron chi connectivity index (χ2n) is 7.66. The number of pyridine rings is 1. The number of aromatic nitrogens is 3. The van der Waals surface area contributed by atoms with Gasteiger partial charge in [0.05, 0.1) is 6.61 Å². The van der Waals surface area contributed by atoms with Crippen LogP contribution in [0.1, 0.15) is 56.4 Å². The Balaban J connectivity index is 1.35. The van der Waals surface area contributed by atoms with E-state index >= 15 is 0 Å². The van der Waals surface area contributed by atoms with Gasteiger partial charge in [0.1, 0.15) is 12.1 Å². The van der Waals surface area contributed by atoms with Crippen LogP contribution in [0, 0.1) is 17.8 Å². The smallest absolute Gasteiger partial charge is 0.164 e. The molecule has 3 saturated carbocycles. The van der Waals surface area contributed by atoms with E-state index in [9.17, 15) is 0 Å². The molecule has 3 aliphatic rings. The maximum Gasteiger partial charge on any atom is 0.164 e. The minimum absolute atomic E-state index is 0.685. The fraction of sp³-hybridized carbons (Fsp3) is 0.667. The molecule has 2 aromatic rings. The normalized spacial score (nSPS) is 30.8. The molecule has 0 saturated heterocycles. The van der Waals surface area contributed by atoms with E-state index in [1.807, 2.05) is 4.40 Å². The van der Waals surface area contributed by atoms with Gasteiger partial charge in [0.2, 0.25) is 0 Å². The van der Waals surface area contributed by atoms with E-state index in [1.54, 1.807) is 6.33 Å². The van der Waals surface area contributed by atoms with Gasteiger partial charge >= 0.3 is 0 Å². The molecule has 4 heteroatoms. The molecule has 2 bridgehead atoms. The van der Waals surface area contributed by atoms with E-state index in [1.165, 1.54) is 50.5 Å². The van der Waals surface area contributed by atoms with Crippen LogP contribution in [0.4, 0.5) is 0 Å². The summed E-state index contributed by atoms with van der Waals surface area (Å²) in [7, 11) is 0. The number of fused-ring (bicyclic) bond motifs is 3. The Bertz CT molecular complexity index is 679. The first-order valence-corrected chi connectivity index (χ1v) is 8.81. The van der Waals surface area contributed by atoms with E-state index in [0.717, 1.165) is 35.8 Å². The molecule has 0 radical (unpaired) electrons. The minimum Gasteiger partial charge on any atom is -0.493 e. The van der Waals surface area contributed by atoms with E-state index in [-0.39, 0.29) is 0 Å². The Kier molecular flexibility index (Phi) is 2.92. The van der Waals surface area contributed by atoms with Crippen molar-refractivity contribution in [2.75, 3.05) is 6.61 Å². The summed E-state index contributed by atoms with van der Waals surface area (Å²) in [6.07, 6.45) is 13.7. The number of hydrogen-bond acceptors (Lipinski definition) is 3. The topological polar surface area (TPSA) is 39.4 Å². The van der Waals surface area contributed by atoms with Gasteiger partial charge in [-0.3, -0.25) is 4.40 Å². The number of hydrogen-bond donors (Lipinski definition) is 0. The third kappa shape index (κ3) is 2.29. The standard InChI is InChI=1S/C18H23N3O/c1-2-13-5-12(1)6-14(7-13)10-22-17-8-18-20-19-11-21(18)9-16(17)15-3-4-15/h8-9,11-15H,1-7,10H2/t12-,13+,14+. The molecule has 4 nitrogen and oxygen atoms in total. The molecule has 3 atom stereocenters. The van der Waals surface area contributed by atoms with Gasteiger partial charge in [-0.2, -0.15) is 0 Å². The van der Waals surface area contributed by atoms with Crippen molar-refractivity contribution < 1.29 is 4.74 Å². The molecule has 0 spiro atoms. The molecule has 3 aliphatic carbocycles. The molecule has 2 heterocycles. The number of nitrogens with zero attached hydrogens (tertiary/aromatic N) is 3. The first-order chi connectivity index (χ1) is 10.8. The van der Waals surface area contributed by atoms with Crippen molar-refractivity contribution in [3.05, 3.63) is 24.2 Å². The largest absolute Gasteiger partial charge is 0.493 e. The second kappa shape index (κ2) is 4.97. The van der Waals surface area contributed by atoms with Crippen LogP contribution in [-0.2, 0) is 0 Å². The van der Waals surface area contributed by atoms with Gasteiger partial charge in [0.15, 0.2) is 5.65 Å². The minimum atomic E-state index is 0.685. The average molecular weight is 297 g/mol. The lowest BCUT2D eigenvalue weighted by molar-refractivity contribution is 0.170. The summed E-state index contributed by atoms with van der Waals surface area (Å²) >= 11 is 0. The van der Waals surface area contributed by atoms with Crippen molar-refractivity contribution in [2.45, 2.75) is 50.9 Å². The van der Waals surface area contributed by atoms with E-state index in [4.69, 9.17) is 4.74 Å². The fourth-order valence-corrected chi connectivity index (χ4v) is 4.68. The summed E-state index contributed by atoms with van der Waals surface area (Å²) in [4.78, 5) is 0. The lowest BCUT2D eigenvalue weighted by atomic mass is 9.81. The van der Waals surface area contributed by atoms with Gasteiger partial charge in [-0.05, 0) is 55.8 Å². The van der Waals surface area contributed by atoms with Crippen LogP contribution in [0.25, 0.3) is 5.65 Å². The van der Waals surface area contributed by atoms with Crippen LogP contribution in [0.2, 0.25) is 0 Å². The van der Waals surface area contributed by atoms with Gasteiger partial charge in [0.25, 0.3) is 0 Å². The molecule has 0 N–H and O–H groups in total. The summed E-state index contributed by atoms with van der Waals surface area (Å²) in [5, 5.41) is 8.16. The van der Waals surface area contributed by atoms with E-state index in [0.29, 0.717) is 5.92 Å². The molecule has 22 heavy (non-hydrogen) atoms. The van der Waals surface area contributed by atoms with Crippen molar-refractivity contribution in [2.24, 2.45) is 17.8 Å². The van der Waals surface area contributed by atoms with Crippen molar-refractivity contribution in [1.29, 1.82) is 0 Å². The molecular formula is C18H23N3O. The summed E-state index contributed by atoms with van der Waals surface area (Å²) in [5.41, 5.74) is 2.24. The zero-order chi connectivity index (χ0) is 14.5. The average Bonchev–Trinajstić information content (AvgIpc) is 3.19. The first-order valence-electron chi connectivity index (χ1n) is 8.81. The summed E-state index contributed by atoms with van der Waals surface area (Å²) in [6.45, 7) is 0.886. The van der Waals surface area contributed by atoms with Gasteiger partial charge in [-0.15, -0.1) is 10.2 Å². The van der Waals surface area contributed by atoms with Crippen molar-refractivity contribution in [3.8, 4) is 5.75 Å². The molecule has 2 aromatic heterocycles. The number of ether oxygens (including phenoxy) is 1. The molecule has 0 aliphatic heterocycles. The van der Waals surface area contributed by atoms with Gasteiger partial charge < -0.3 is 4.74 Å². The highest BCUT2D eigenvalue weighted by Gasteiger charge is 2.34. The maximum absolute atomic E-state index is 6.30. The van der Waals surface area contributed by atoms with Crippen molar-refractivity contribution in [3.63, 3.8) is 0 Å². The first kappa shape index (κ1) is 12.9. The lowest BCUT2D eigenvalue weighted by Gasteiger charge is -2.27. The Morgan fingerprint density at radius 1 is 1.09 bits per heavy atom. The summed E-state index contributed by atoms with van der Waals surface area (Å²) in [6, 6.07) is 2.08. The Morgan fingerprint density at radius 2 is 1.91 bits per heavy atom. The lowest BCUT2D eigenvalue weighted by Crippen LogP contribution is -2.22. The summed E-state index contributed by atoms with van der Waals surface area (Å²) in [5.74, 6) is 4.46. The predicted octanol–water partition coefficient (Wildman–Crippen LogP) is 3.81. The Labute approximate surface area is 130 Å². The maximum atomic E-state index is 6.30. The predicted molar refractivity (Wildman–Crippen MR) is 84.0 cm³/mol. The molecule has 0 unspecified atom stereocenters. The van der Waals surface area contributed by atoms with Crippen LogP contribution >= 0.6 is 0 Å². The van der Waals surface area contributed by atoms with Crippen LogP contribution in [0.5, 0.6) is 5.75 Å². The number of rotatable bonds is 4. The third-order valence-electron chi connectivity index (χ3n) is 5.90. The second-order valence-corrected chi connectivity index (χ2v) is 7.66. The zero-order valence-electron chi connectivity index (χ0n) is 12.9. The highest BCUT2D eigenvalue weighted by Crippen LogP contribution is 2.46. The molecule has 0 amide bonds. The van der Waals surface area contributed by atoms with Crippen LogP contribution in [0.15, 0.2) is 18.6 Å². The van der Waals surface area contributed by atoms with E-state index in [2.05, 4.69) is 22.5 Å². The van der Waals surface area contributed by atoms with Gasteiger partial charge in [0, 0.05) is 17.8 Å². The van der Waals surface area contributed by atoms with Crippen molar-refractivity contribution in [1.82, 2.24) is 14.6 Å². The molecule has 3 fully saturated rings. The Morgan fingerprint density at radius 3 is 2.68 bits per heavy atom. The highest BCUT2D eigenvalue weighted by molar-refractivity contribution is 5.49. The fourth-order valence-electron chi connectivity index (χ4n) is 4.68. The molecule has 0 aromatic carbocycles. The molecule has 5 rings (SSSR count). The van der Waals surface area contributed by atoms with Crippen LogP contribution in [-0.4, -0.2) is 21.2 Å². The molecular weight excluding hydrogens is 274 g/mol. The molecule has 116 valence electrons. The van der Waals surface area contributed by atoms with Crippen LogP contribution < -0.4 is 4.74 Å². The SMILES string of the molecule is c1c(OC[C@H]2C[C@@H]3CC[C@@H](C3)C2)c(C2CC2)cn2cnnc12. The van der Waals surface area contributed by atoms with Crippen LogP contribution in [0.3, 0.4) is 0 Å². The summed E-state index contributed by atoms with van der Waals surface area (Å²) < 4.78 is 8.31. The van der Waals surface area contributed by atoms with E-state index < -0.39 is 0 Å². The van der Waals surface area contributed by atoms with Gasteiger partial charge in [-0.1, -0.05) is 12.8 Å². The third-order valence-corrected chi connectivity index (χ3v) is 5.90. The highest BCUT2D eigenvalue weighted by atomic mass is 16.5. The Hall–Kier alpha value is -1.58.